The minimum atomic E-state index is -0.508. The normalized spacial score (nSPS) is 16.5. The Balaban J connectivity index is 0.000000187. The number of carbonyl (C=O) groups excluding carboxylic acids is 1. The van der Waals surface area contributed by atoms with Gasteiger partial charge in [0.25, 0.3) is 0 Å². The maximum atomic E-state index is 9.45. The van der Waals surface area contributed by atoms with Crippen LogP contribution in [0.4, 0.5) is 0 Å². The first kappa shape index (κ1) is 11.2. The number of hydrogen-bond donors (Lipinski definition) is 0. The molecule has 66 valence electrons. The Morgan fingerprint density at radius 3 is 1.27 bits per heavy atom. The van der Waals surface area contributed by atoms with Crippen LogP contribution in [-0.2, 0) is 4.79 Å². The second-order valence-corrected chi connectivity index (χ2v) is 3.30. The molecule has 1 aliphatic carbocycles. The maximum absolute atomic E-state index is 9.45. The molecule has 0 amide bonds. The van der Waals surface area contributed by atoms with Gasteiger partial charge in [-0.25, -0.2) is 0 Å². The van der Waals surface area contributed by atoms with Gasteiger partial charge < -0.3 is 0 Å². The zero-order valence-electron chi connectivity index (χ0n) is 6.61. The molecule has 11 heavy (non-hydrogen) atoms. The topological polar surface area (TPSA) is 17.1 Å². The SMILES string of the molecule is C1CCCCC1.O=C(Cl)CCl. The van der Waals surface area contributed by atoms with Gasteiger partial charge in [-0.3, -0.25) is 4.79 Å². The number of rotatable bonds is 1. The van der Waals surface area contributed by atoms with Crippen LogP contribution >= 0.6 is 23.2 Å². The molecule has 0 heterocycles. The van der Waals surface area contributed by atoms with Crippen LogP contribution in [0.15, 0.2) is 0 Å². The van der Waals surface area contributed by atoms with Gasteiger partial charge in [0.1, 0.15) is 0 Å². The van der Waals surface area contributed by atoms with Crippen LogP contribution in [0, 0.1) is 0 Å². The first-order valence-electron chi connectivity index (χ1n) is 4.01. The molecule has 0 aliphatic heterocycles. The lowest BCUT2D eigenvalue weighted by molar-refractivity contribution is -0.109. The smallest absolute Gasteiger partial charge is 0.236 e. The highest BCUT2D eigenvalue weighted by atomic mass is 35.5. The lowest BCUT2D eigenvalue weighted by atomic mass is 10.0. The number of alkyl halides is 1. The summed E-state index contributed by atoms with van der Waals surface area (Å²) >= 11 is 9.55. The van der Waals surface area contributed by atoms with Crippen LogP contribution in [0.3, 0.4) is 0 Å². The standard InChI is InChI=1S/C6H12.C2H2Cl2O/c1-2-4-6-5-3-1;3-1-2(4)5/h1-6H2;1H2. The summed E-state index contributed by atoms with van der Waals surface area (Å²) in [5.41, 5.74) is 0. The molecule has 0 aromatic heterocycles. The van der Waals surface area contributed by atoms with Gasteiger partial charge in [-0.05, 0) is 11.6 Å². The fraction of sp³-hybridized carbons (Fsp3) is 0.875. The van der Waals surface area contributed by atoms with Crippen molar-refractivity contribution < 1.29 is 4.79 Å². The summed E-state index contributed by atoms with van der Waals surface area (Å²) in [7, 11) is 0. The molecule has 0 aromatic carbocycles. The summed E-state index contributed by atoms with van der Waals surface area (Å²) < 4.78 is 0. The van der Waals surface area contributed by atoms with Crippen LogP contribution in [0.2, 0.25) is 0 Å². The molecule has 1 fully saturated rings. The van der Waals surface area contributed by atoms with Gasteiger partial charge in [0.05, 0.1) is 5.88 Å². The van der Waals surface area contributed by atoms with Crippen molar-refractivity contribution in [1.29, 1.82) is 0 Å². The van der Waals surface area contributed by atoms with Crippen molar-refractivity contribution in [1.82, 2.24) is 0 Å². The molecule has 0 atom stereocenters. The Kier molecular flexibility index (Phi) is 8.54. The molecule has 0 radical (unpaired) electrons. The second kappa shape index (κ2) is 8.35. The van der Waals surface area contributed by atoms with E-state index >= 15 is 0 Å². The van der Waals surface area contributed by atoms with E-state index in [9.17, 15) is 4.79 Å². The molecular weight excluding hydrogens is 183 g/mol. The molecule has 0 aromatic rings. The average Bonchev–Trinajstić information content (AvgIpc) is 2.09. The molecule has 0 bridgehead atoms. The molecule has 3 heteroatoms. The van der Waals surface area contributed by atoms with E-state index in [1.54, 1.807) is 0 Å². The third kappa shape index (κ3) is 10.2. The van der Waals surface area contributed by atoms with Gasteiger partial charge in [-0.1, -0.05) is 38.5 Å². The molecular formula is C8H14Cl2O. The minimum Gasteiger partial charge on any atom is -0.280 e. The predicted octanol–water partition coefficient (Wildman–Crippen LogP) is 3.33. The second-order valence-electron chi connectivity index (χ2n) is 2.61. The summed E-state index contributed by atoms with van der Waals surface area (Å²) in [6.45, 7) is 0. The van der Waals surface area contributed by atoms with E-state index in [0.717, 1.165) is 0 Å². The summed E-state index contributed by atoms with van der Waals surface area (Å²) in [5.74, 6) is -0.0957. The number of carbonyl (C=O) groups is 1. The predicted molar refractivity (Wildman–Crippen MR) is 49.3 cm³/mol. The Hall–Kier alpha value is 0.250. The van der Waals surface area contributed by atoms with E-state index in [1.807, 2.05) is 0 Å². The van der Waals surface area contributed by atoms with Crippen LogP contribution < -0.4 is 0 Å². The van der Waals surface area contributed by atoms with Crippen LogP contribution in [0.1, 0.15) is 38.5 Å². The molecule has 0 spiro atoms. The lowest BCUT2D eigenvalue weighted by Crippen LogP contribution is -1.85. The zero-order valence-corrected chi connectivity index (χ0v) is 8.13. The van der Waals surface area contributed by atoms with E-state index in [0.29, 0.717) is 0 Å². The van der Waals surface area contributed by atoms with Crippen molar-refractivity contribution >= 4 is 28.4 Å². The molecule has 0 N–H and O–H groups in total. The van der Waals surface area contributed by atoms with Gasteiger partial charge in [-0.2, -0.15) is 0 Å². The summed E-state index contributed by atoms with van der Waals surface area (Å²) in [6, 6.07) is 0. The highest BCUT2D eigenvalue weighted by molar-refractivity contribution is 6.67. The first-order chi connectivity index (χ1) is 5.27. The van der Waals surface area contributed by atoms with E-state index in [-0.39, 0.29) is 5.88 Å². The quantitative estimate of drug-likeness (QED) is 0.465. The summed E-state index contributed by atoms with van der Waals surface area (Å²) in [5, 5.41) is -0.508. The Bertz CT molecular complexity index is 88.8. The molecule has 0 unspecified atom stereocenters. The van der Waals surface area contributed by atoms with E-state index in [2.05, 4.69) is 0 Å². The monoisotopic (exact) mass is 196 g/mol. The van der Waals surface area contributed by atoms with Gasteiger partial charge in [-0.15, -0.1) is 11.6 Å². The van der Waals surface area contributed by atoms with Crippen molar-refractivity contribution in [2.45, 2.75) is 38.5 Å². The molecule has 1 rings (SSSR count). The van der Waals surface area contributed by atoms with E-state index in [1.165, 1.54) is 38.5 Å². The highest BCUT2D eigenvalue weighted by Gasteiger charge is 1.95. The zero-order chi connectivity index (χ0) is 8.53. The molecule has 1 aliphatic rings. The largest absolute Gasteiger partial charge is 0.280 e. The van der Waals surface area contributed by atoms with Crippen LogP contribution in [-0.4, -0.2) is 11.1 Å². The Labute approximate surface area is 78.1 Å². The van der Waals surface area contributed by atoms with Gasteiger partial charge in [0.2, 0.25) is 5.24 Å². The van der Waals surface area contributed by atoms with Crippen LogP contribution in [0.5, 0.6) is 0 Å². The van der Waals surface area contributed by atoms with Crippen molar-refractivity contribution in [3.63, 3.8) is 0 Å². The first-order valence-corrected chi connectivity index (χ1v) is 4.93. The molecule has 1 nitrogen and oxygen atoms in total. The van der Waals surface area contributed by atoms with Gasteiger partial charge in [0.15, 0.2) is 0 Å². The summed E-state index contributed by atoms with van der Waals surface area (Å²) in [6.07, 6.45) is 9.00. The van der Waals surface area contributed by atoms with Crippen molar-refractivity contribution in [3.05, 3.63) is 0 Å². The molecule has 0 saturated heterocycles. The number of halogens is 2. The number of hydrogen-bond acceptors (Lipinski definition) is 1. The van der Waals surface area contributed by atoms with E-state index < -0.39 is 5.24 Å². The third-order valence-electron chi connectivity index (χ3n) is 1.61. The Morgan fingerprint density at radius 1 is 1.00 bits per heavy atom. The third-order valence-corrected chi connectivity index (χ3v) is 2.12. The average molecular weight is 197 g/mol. The fourth-order valence-electron chi connectivity index (χ4n) is 1.06. The Morgan fingerprint density at radius 2 is 1.18 bits per heavy atom. The highest BCUT2D eigenvalue weighted by Crippen LogP contribution is 2.15. The van der Waals surface area contributed by atoms with Crippen molar-refractivity contribution in [3.8, 4) is 0 Å². The van der Waals surface area contributed by atoms with Crippen molar-refractivity contribution in [2.75, 3.05) is 5.88 Å². The maximum Gasteiger partial charge on any atom is 0.236 e. The molecule has 1 saturated carbocycles. The van der Waals surface area contributed by atoms with Gasteiger partial charge in [0, 0.05) is 0 Å². The van der Waals surface area contributed by atoms with Crippen molar-refractivity contribution in [2.24, 2.45) is 0 Å². The van der Waals surface area contributed by atoms with Crippen LogP contribution in [0.25, 0.3) is 0 Å². The minimum absolute atomic E-state index is 0.0957. The lowest BCUT2D eigenvalue weighted by Gasteiger charge is -2.05. The summed E-state index contributed by atoms with van der Waals surface area (Å²) in [4.78, 5) is 9.45. The fourth-order valence-corrected chi connectivity index (χ4v) is 1.06. The van der Waals surface area contributed by atoms with E-state index in [4.69, 9.17) is 23.2 Å². The van der Waals surface area contributed by atoms with Gasteiger partial charge >= 0.3 is 0 Å².